The Kier molecular flexibility index (Phi) is 4.25. The minimum atomic E-state index is -0.816. The number of carbonyl (C=O) groups is 2. The zero-order valence-corrected chi connectivity index (χ0v) is 11.1. The fraction of sp³-hybridized carbons (Fsp3) is 0.857. The van der Waals surface area contributed by atoms with Crippen LogP contribution in [0.5, 0.6) is 0 Å². The summed E-state index contributed by atoms with van der Waals surface area (Å²) in [6, 6.07) is -0.403. The van der Waals surface area contributed by atoms with Crippen LogP contribution in [0.25, 0.3) is 0 Å². The minimum absolute atomic E-state index is 0.0749. The normalized spacial score (nSPS) is 23.2. The van der Waals surface area contributed by atoms with Gasteiger partial charge in [0.1, 0.15) is 6.04 Å². The third kappa shape index (κ3) is 3.03. The summed E-state index contributed by atoms with van der Waals surface area (Å²) in [5, 5.41) is 9.52. The highest BCUT2D eigenvalue weighted by atomic mass is 16.4. The molecule has 1 atom stereocenters. The van der Waals surface area contributed by atoms with E-state index in [1.54, 1.807) is 4.90 Å². The van der Waals surface area contributed by atoms with Gasteiger partial charge in [0.2, 0.25) is 5.91 Å². The van der Waals surface area contributed by atoms with Crippen molar-refractivity contribution >= 4 is 11.9 Å². The topological polar surface area (TPSA) is 57.6 Å². The maximum Gasteiger partial charge on any atom is 0.326 e. The third-order valence-corrected chi connectivity index (χ3v) is 4.20. The fourth-order valence-electron chi connectivity index (χ4n) is 3.21. The Labute approximate surface area is 108 Å². The van der Waals surface area contributed by atoms with Gasteiger partial charge in [0.05, 0.1) is 0 Å². The first-order valence-corrected chi connectivity index (χ1v) is 7.13. The molecular weight excluding hydrogens is 230 g/mol. The first-order chi connectivity index (χ1) is 8.61. The van der Waals surface area contributed by atoms with Gasteiger partial charge in [-0.3, -0.25) is 4.79 Å². The Morgan fingerprint density at radius 3 is 2.00 bits per heavy atom. The van der Waals surface area contributed by atoms with E-state index in [9.17, 15) is 14.7 Å². The Bertz CT molecular complexity index is 317. The van der Waals surface area contributed by atoms with Gasteiger partial charge in [-0.05, 0) is 31.6 Å². The molecule has 2 fully saturated rings. The third-order valence-electron chi connectivity index (χ3n) is 4.20. The molecule has 2 rings (SSSR count). The molecule has 1 unspecified atom stereocenters. The molecule has 0 bridgehead atoms. The van der Waals surface area contributed by atoms with Gasteiger partial charge in [-0.2, -0.15) is 0 Å². The summed E-state index contributed by atoms with van der Waals surface area (Å²) in [6.45, 7) is 1.50. The summed E-state index contributed by atoms with van der Waals surface area (Å²) in [6.07, 6.45) is 8.45. The van der Waals surface area contributed by atoms with E-state index < -0.39 is 12.0 Å². The quantitative estimate of drug-likeness (QED) is 0.783. The van der Waals surface area contributed by atoms with Crippen molar-refractivity contribution in [2.24, 2.45) is 5.92 Å². The molecule has 1 N–H and O–H groups in total. The molecule has 0 spiro atoms. The summed E-state index contributed by atoms with van der Waals surface area (Å²) in [7, 11) is 0. The van der Waals surface area contributed by atoms with E-state index in [1.165, 1.54) is 19.8 Å². The van der Waals surface area contributed by atoms with Crippen molar-refractivity contribution in [1.82, 2.24) is 4.90 Å². The van der Waals surface area contributed by atoms with Gasteiger partial charge in [-0.1, -0.05) is 25.7 Å². The lowest BCUT2D eigenvalue weighted by atomic mass is 9.90. The number of rotatable bonds is 4. The van der Waals surface area contributed by atoms with Gasteiger partial charge in [0.25, 0.3) is 0 Å². The van der Waals surface area contributed by atoms with E-state index in [2.05, 4.69) is 0 Å². The van der Waals surface area contributed by atoms with Gasteiger partial charge in [0.15, 0.2) is 0 Å². The Morgan fingerprint density at radius 1 is 1.06 bits per heavy atom. The van der Waals surface area contributed by atoms with E-state index in [0.29, 0.717) is 0 Å². The standard InChI is InChI=1S/C14H23NO3/c1-10(16)15(12-8-9-12)13(14(17)18)11-6-4-2-3-5-7-11/h11-13H,2-9H2,1H3,(H,17,18). The van der Waals surface area contributed by atoms with Crippen LogP contribution in [0.2, 0.25) is 0 Å². The number of carbonyl (C=O) groups excluding carboxylic acids is 1. The van der Waals surface area contributed by atoms with Gasteiger partial charge in [-0.25, -0.2) is 4.79 Å². The molecule has 0 aliphatic heterocycles. The second kappa shape index (κ2) is 5.72. The van der Waals surface area contributed by atoms with Gasteiger partial charge < -0.3 is 10.0 Å². The van der Waals surface area contributed by atoms with E-state index in [-0.39, 0.29) is 17.9 Å². The second-order valence-corrected chi connectivity index (χ2v) is 5.69. The highest BCUT2D eigenvalue weighted by molar-refractivity contribution is 5.83. The summed E-state index contributed by atoms with van der Waals surface area (Å²) < 4.78 is 0. The van der Waals surface area contributed by atoms with E-state index in [1.807, 2.05) is 0 Å². The number of hydrogen-bond donors (Lipinski definition) is 1. The van der Waals surface area contributed by atoms with Gasteiger partial charge in [-0.15, -0.1) is 0 Å². The molecule has 2 saturated carbocycles. The molecule has 0 aromatic heterocycles. The second-order valence-electron chi connectivity index (χ2n) is 5.69. The number of nitrogens with zero attached hydrogens (tertiary/aromatic N) is 1. The van der Waals surface area contributed by atoms with E-state index in [4.69, 9.17) is 0 Å². The van der Waals surface area contributed by atoms with Crippen LogP contribution in [-0.2, 0) is 9.59 Å². The lowest BCUT2D eigenvalue weighted by Gasteiger charge is -2.33. The monoisotopic (exact) mass is 253 g/mol. The molecule has 102 valence electrons. The SMILES string of the molecule is CC(=O)N(C1CC1)C(C(=O)O)C1CCCCCC1. The van der Waals surface area contributed by atoms with E-state index in [0.717, 1.165) is 38.5 Å². The molecule has 4 nitrogen and oxygen atoms in total. The average Bonchev–Trinajstić information content (AvgIpc) is 3.11. The molecule has 0 heterocycles. The smallest absolute Gasteiger partial charge is 0.326 e. The van der Waals surface area contributed by atoms with Crippen molar-refractivity contribution in [3.8, 4) is 0 Å². The van der Waals surface area contributed by atoms with Crippen molar-refractivity contribution < 1.29 is 14.7 Å². The first kappa shape index (κ1) is 13.4. The number of amides is 1. The molecule has 4 heteroatoms. The number of carboxylic acid groups (broad SMARTS) is 1. The van der Waals surface area contributed by atoms with Gasteiger partial charge >= 0.3 is 5.97 Å². The number of hydrogen-bond acceptors (Lipinski definition) is 2. The van der Waals surface area contributed by atoms with Crippen molar-refractivity contribution in [2.75, 3.05) is 0 Å². The van der Waals surface area contributed by atoms with Crippen LogP contribution in [0.3, 0.4) is 0 Å². The van der Waals surface area contributed by atoms with Crippen LogP contribution in [0, 0.1) is 5.92 Å². The average molecular weight is 253 g/mol. The van der Waals surface area contributed by atoms with Crippen LogP contribution in [0.1, 0.15) is 58.3 Å². The van der Waals surface area contributed by atoms with Gasteiger partial charge in [0, 0.05) is 13.0 Å². The van der Waals surface area contributed by atoms with Crippen LogP contribution >= 0.6 is 0 Å². The summed E-state index contributed by atoms with van der Waals surface area (Å²) in [5.74, 6) is -0.743. The molecule has 0 aromatic rings. The van der Waals surface area contributed by atoms with Crippen LogP contribution in [0.4, 0.5) is 0 Å². The predicted octanol–water partition coefficient (Wildman–Crippen LogP) is 2.42. The number of aliphatic carboxylic acids is 1. The van der Waals surface area contributed by atoms with Crippen molar-refractivity contribution in [1.29, 1.82) is 0 Å². The molecule has 0 radical (unpaired) electrons. The maximum absolute atomic E-state index is 11.8. The van der Waals surface area contributed by atoms with E-state index >= 15 is 0 Å². The minimum Gasteiger partial charge on any atom is -0.480 e. The zero-order chi connectivity index (χ0) is 13.1. The molecule has 0 saturated heterocycles. The summed E-state index contributed by atoms with van der Waals surface area (Å²) >= 11 is 0. The number of carboxylic acids is 1. The molecule has 2 aliphatic rings. The lowest BCUT2D eigenvalue weighted by molar-refractivity contribution is -0.153. The molecule has 2 aliphatic carbocycles. The predicted molar refractivity (Wildman–Crippen MR) is 68.2 cm³/mol. The lowest BCUT2D eigenvalue weighted by Crippen LogP contribution is -2.49. The first-order valence-electron chi connectivity index (χ1n) is 7.13. The highest BCUT2D eigenvalue weighted by Gasteiger charge is 2.42. The Balaban J connectivity index is 2.14. The summed E-state index contributed by atoms with van der Waals surface area (Å²) in [5.41, 5.74) is 0. The highest BCUT2D eigenvalue weighted by Crippen LogP contribution is 2.35. The Morgan fingerprint density at radius 2 is 1.61 bits per heavy atom. The fourth-order valence-corrected chi connectivity index (χ4v) is 3.21. The largest absolute Gasteiger partial charge is 0.480 e. The van der Waals surface area contributed by atoms with Crippen LogP contribution < -0.4 is 0 Å². The zero-order valence-electron chi connectivity index (χ0n) is 11.1. The molecule has 18 heavy (non-hydrogen) atoms. The Hall–Kier alpha value is -1.06. The molecular formula is C14H23NO3. The molecule has 1 amide bonds. The summed E-state index contributed by atoms with van der Waals surface area (Å²) in [4.78, 5) is 25.0. The van der Waals surface area contributed by atoms with Crippen molar-refractivity contribution in [3.63, 3.8) is 0 Å². The maximum atomic E-state index is 11.8. The van der Waals surface area contributed by atoms with Crippen molar-refractivity contribution in [2.45, 2.75) is 70.4 Å². The van der Waals surface area contributed by atoms with Crippen LogP contribution in [-0.4, -0.2) is 34.0 Å². The van der Waals surface area contributed by atoms with Crippen molar-refractivity contribution in [3.05, 3.63) is 0 Å². The molecule has 0 aromatic carbocycles. The van der Waals surface area contributed by atoms with Crippen LogP contribution in [0.15, 0.2) is 0 Å².